The smallest absolute Gasteiger partial charge is 0.271 e. The van der Waals surface area contributed by atoms with Crippen molar-refractivity contribution in [2.45, 2.75) is 12.8 Å². The number of hydrogen-bond acceptors (Lipinski definition) is 6. The zero-order valence-electron chi connectivity index (χ0n) is 12.6. The Bertz CT molecular complexity index is 618. The van der Waals surface area contributed by atoms with E-state index in [0.29, 0.717) is 10.1 Å². The van der Waals surface area contributed by atoms with Crippen molar-refractivity contribution in [1.29, 1.82) is 0 Å². The molecular formula is C14H17N3O4S2. The second-order valence-corrected chi connectivity index (χ2v) is 6.55. The first-order valence-corrected chi connectivity index (χ1v) is 8.44. The number of amides is 1. The lowest BCUT2D eigenvalue weighted by molar-refractivity contribution is -0.384. The Kier molecular flexibility index (Phi) is 6.17. The number of hydrogen-bond donors (Lipinski definition) is 1. The molecule has 9 heteroatoms. The summed E-state index contributed by atoms with van der Waals surface area (Å²) in [5, 5.41) is 13.5. The van der Waals surface area contributed by atoms with E-state index in [1.807, 2.05) is 0 Å². The van der Waals surface area contributed by atoms with Crippen molar-refractivity contribution in [2.24, 2.45) is 0 Å². The Balaban J connectivity index is 1.94. The summed E-state index contributed by atoms with van der Waals surface area (Å²) in [5.74, 6) is 0.243. The first-order chi connectivity index (χ1) is 11.0. The fourth-order valence-electron chi connectivity index (χ4n) is 2.21. The van der Waals surface area contributed by atoms with Crippen molar-refractivity contribution in [3.05, 3.63) is 28.3 Å². The number of nitrogens with zero attached hydrogens (tertiary/aromatic N) is 2. The van der Waals surface area contributed by atoms with Crippen LogP contribution in [0.25, 0.3) is 0 Å². The maximum atomic E-state index is 12.0. The molecule has 23 heavy (non-hydrogen) atoms. The lowest BCUT2D eigenvalue weighted by Gasteiger charge is -2.17. The molecule has 1 saturated heterocycles. The molecule has 0 unspecified atom stereocenters. The number of nitro groups is 1. The van der Waals surface area contributed by atoms with Crippen LogP contribution in [-0.2, 0) is 4.79 Å². The van der Waals surface area contributed by atoms with Crippen LogP contribution in [0.4, 0.5) is 11.4 Å². The molecule has 7 nitrogen and oxygen atoms in total. The standard InChI is InChI=1S/C14H17N3O4S2/c1-21-12-5-4-10(17(19)20)8-11(12)15-13(18)9-23-14(22)16-6-2-3-7-16/h4-5,8H,2-3,6-7,9H2,1H3,(H,15,18). The fraction of sp³-hybridized carbons (Fsp3) is 0.429. The van der Waals surface area contributed by atoms with Crippen LogP contribution in [0.3, 0.4) is 0 Å². The van der Waals surface area contributed by atoms with Gasteiger partial charge in [-0.3, -0.25) is 14.9 Å². The van der Waals surface area contributed by atoms with Crippen LogP contribution in [0, 0.1) is 10.1 Å². The summed E-state index contributed by atoms with van der Waals surface area (Å²) in [6, 6.07) is 4.06. The lowest BCUT2D eigenvalue weighted by Crippen LogP contribution is -2.25. The van der Waals surface area contributed by atoms with E-state index in [0.717, 1.165) is 25.9 Å². The van der Waals surface area contributed by atoms with Gasteiger partial charge in [0.2, 0.25) is 5.91 Å². The van der Waals surface area contributed by atoms with E-state index in [9.17, 15) is 14.9 Å². The number of thiocarbonyl (C=S) groups is 1. The van der Waals surface area contributed by atoms with Gasteiger partial charge in [0.1, 0.15) is 10.1 Å². The lowest BCUT2D eigenvalue weighted by atomic mass is 10.2. The summed E-state index contributed by atoms with van der Waals surface area (Å²) >= 11 is 6.59. The number of carbonyl (C=O) groups excluding carboxylic acids is 1. The van der Waals surface area contributed by atoms with E-state index >= 15 is 0 Å². The number of rotatable bonds is 5. The minimum absolute atomic E-state index is 0.110. The molecule has 1 amide bonds. The first kappa shape index (κ1) is 17.5. The van der Waals surface area contributed by atoms with Crippen LogP contribution in [-0.4, -0.2) is 46.0 Å². The summed E-state index contributed by atoms with van der Waals surface area (Å²) in [6.45, 7) is 1.87. The summed E-state index contributed by atoms with van der Waals surface area (Å²) in [5.41, 5.74) is 0.167. The third-order valence-corrected chi connectivity index (χ3v) is 4.88. The predicted molar refractivity (Wildman–Crippen MR) is 94.1 cm³/mol. The Hall–Kier alpha value is -1.87. The van der Waals surface area contributed by atoms with Gasteiger partial charge in [-0.05, 0) is 18.9 Å². The molecule has 0 spiro atoms. The Labute approximate surface area is 143 Å². The molecule has 0 saturated carbocycles. The van der Waals surface area contributed by atoms with Crippen LogP contribution in [0.2, 0.25) is 0 Å². The van der Waals surface area contributed by atoms with Crippen molar-refractivity contribution in [2.75, 3.05) is 31.3 Å². The molecule has 1 aliphatic rings. The molecule has 1 fully saturated rings. The monoisotopic (exact) mass is 355 g/mol. The molecule has 1 aromatic rings. The number of anilines is 1. The van der Waals surface area contributed by atoms with Crippen LogP contribution in [0.5, 0.6) is 5.75 Å². The fourth-order valence-corrected chi connectivity index (χ4v) is 3.26. The van der Waals surface area contributed by atoms with Gasteiger partial charge in [-0.1, -0.05) is 24.0 Å². The number of carbonyl (C=O) groups is 1. The molecule has 0 aliphatic carbocycles. The summed E-state index contributed by atoms with van der Waals surface area (Å²) < 4.78 is 5.82. The Morgan fingerprint density at radius 3 is 2.78 bits per heavy atom. The maximum absolute atomic E-state index is 12.0. The minimum Gasteiger partial charge on any atom is -0.495 e. The average molecular weight is 355 g/mol. The van der Waals surface area contributed by atoms with Gasteiger partial charge >= 0.3 is 0 Å². The highest BCUT2D eigenvalue weighted by atomic mass is 32.2. The third kappa shape index (κ3) is 4.80. The molecule has 0 atom stereocenters. The van der Waals surface area contributed by atoms with Crippen LogP contribution in [0.15, 0.2) is 18.2 Å². The second-order valence-electron chi connectivity index (χ2n) is 4.94. The molecule has 2 rings (SSSR count). The second kappa shape index (κ2) is 8.11. The van der Waals surface area contributed by atoms with E-state index in [1.54, 1.807) is 0 Å². The van der Waals surface area contributed by atoms with E-state index in [1.165, 1.54) is 37.1 Å². The number of benzene rings is 1. The first-order valence-electron chi connectivity index (χ1n) is 7.05. The van der Waals surface area contributed by atoms with Crippen LogP contribution in [0.1, 0.15) is 12.8 Å². The molecular weight excluding hydrogens is 338 g/mol. The third-order valence-electron chi connectivity index (χ3n) is 3.36. The van der Waals surface area contributed by atoms with E-state index in [-0.39, 0.29) is 23.0 Å². The number of nitro benzene ring substituents is 1. The van der Waals surface area contributed by atoms with Crippen molar-refractivity contribution in [3.8, 4) is 5.75 Å². The van der Waals surface area contributed by atoms with Gasteiger partial charge in [0, 0.05) is 25.2 Å². The largest absolute Gasteiger partial charge is 0.495 e. The Morgan fingerprint density at radius 1 is 1.48 bits per heavy atom. The number of methoxy groups -OCH3 is 1. The van der Waals surface area contributed by atoms with Crippen molar-refractivity contribution in [3.63, 3.8) is 0 Å². The highest BCUT2D eigenvalue weighted by Gasteiger charge is 2.17. The maximum Gasteiger partial charge on any atom is 0.271 e. The molecule has 1 aromatic carbocycles. The van der Waals surface area contributed by atoms with Gasteiger partial charge in [0.25, 0.3) is 5.69 Å². The highest BCUT2D eigenvalue weighted by Crippen LogP contribution is 2.29. The van der Waals surface area contributed by atoms with E-state index in [4.69, 9.17) is 17.0 Å². The number of likely N-dealkylation sites (tertiary alicyclic amines) is 1. The number of nitrogens with one attached hydrogen (secondary N) is 1. The van der Waals surface area contributed by atoms with Gasteiger partial charge in [-0.15, -0.1) is 0 Å². The van der Waals surface area contributed by atoms with Crippen LogP contribution >= 0.6 is 24.0 Å². The van der Waals surface area contributed by atoms with E-state index in [2.05, 4.69) is 10.2 Å². The molecule has 1 aliphatic heterocycles. The SMILES string of the molecule is COc1ccc([N+](=O)[O-])cc1NC(=O)CSC(=S)N1CCCC1. The molecule has 124 valence electrons. The zero-order chi connectivity index (χ0) is 16.8. The normalized spacial score (nSPS) is 13.7. The average Bonchev–Trinajstić information content (AvgIpc) is 3.07. The van der Waals surface area contributed by atoms with Gasteiger partial charge in [0.15, 0.2) is 0 Å². The quantitative estimate of drug-likeness (QED) is 0.494. The molecule has 1 N–H and O–H groups in total. The molecule has 1 heterocycles. The predicted octanol–water partition coefficient (Wildman–Crippen LogP) is 2.66. The molecule has 0 aromatic heterocycles. The summed E-state index contributed by atoms with van der Waals surface area (Å²) in [4.78, 5) is 24.4. The number of ether oxygens (including phenoxy) is 1. The van der Waals surface area contributed by atoms with E-state index < -0.39 is 4.92 Å². The number of thioether (sulfide) groups is 1. The van der Waals surface area contributed by atoms with Crippen molar-refractivity contribution >= 4 is 45.6 Å². The van der Waals surface area contributed by atoms with Crippen LogP contribution < -0.4 is 10.1 Å². The molecule has 0 radical (unpaired) electrons. The van der Waals surface area contributed by atoms with Crippen molar-refractivity contribution < 1.29 is 14.5 Å². The minimum atomic E-state index is -0.521. The summed E-state index contributed by atoms with van der Waals surface area (Å²) in [7, 11) is 1.44. The number of non-ortho nitro benzene ring substituents is 1. The highest BCUT2D eigenvalue weighted by molar-refractivity contribution is 8.23. The van der Waals surface area contributed by atoms with Gasteiger partial charge in [-0.2, -0.15) is 0 Å². The van der Waals surface area contributed by atoms with Crippen molar-refractivity contribution in [1.82, 2.24) is 4.90 Å². The van der Waals surface area contributed by atoms with Gasteiger partial charge in [-0.25, -0.2) is 0 Å². The zero-order valence-corrected chi connectivity index (χ0v) is 14.2. The summed E-state index contributed by atoms with van der Waals surface area (Å²) in [6.07, 6.45) is 2.25. The topological polar surface area (TPSA) is 84.7 Å². The van der Waals surface area contributed by atoms with Gasteiger partial charge < -0.3 is 15.0 Å². The Morgan fingerprint density at radius 2 is 2.17 bits per heavy atom. The van der Waals surface area contributed by atoms with Gasteiger partial charge in [0.05, 0.1) is 23.5 Å². The molecule has 0 bridgehead atoms.